The van der Waals surface area contributed by atoms with Crippen molar-refractivity contribution in [3.05, 3.63) is 46.6 Å². The standard InChI is InChI=1S/C25H37NO5S/c1-6-7-8-12-22-16-15-21(14-13-19(4)11-9-10-18(2)3)24(29)25(22)32(30,31)26-23(28)17-20(5)27/h10,13,15-16,29H,6-9,11-12,14,17H2,1-5H3,(H,26,28)/b19-13+. The Kier molecular flexibility index (Phi) is 11.4. The topological polar surface area (TPSA) is 101 Å². The van der Waals surface area contributed by atoms with Gasteiger partial charge in [-0.1, -0.05) is 55.2 Å². The number of phenols is 1. The van der Waals surface area contributed by atoms with Gasteiger partial charge in [-0.15, -0.1) is 0 Å². The first-order chi connectivity index (χ1) is 15.0. The quantitative estimate of drug-likeness (QED) is 0.239. The highest BCUT2D eigenvalue weighted by Crippen LogP contribution is 2.32. The van der Waals surface area contributed by atoms with E-state index in [4.69, 9.17) is 0 Å². The summed E-state index contributed by atoms with van der Waals surface area (Å²) < 4.78 is 27.9. The van der Waals surface area contributed by atoms with Crippen molar-refractivity contribution in [1.82, 2.24) is 4.72 Å². The molecule has 1 rings (SSSR count). The number of allylic oxidation sites excluding steroid dienone is 4. The summed E-state index contributed by atoms with van der Waals surface area (Å²) in [5, 5.41) is 10.9. The number of amides is 1. The summed E-state index contributed by atoms with van der Waals surface area (Å²) in [5.74, 6) is -1.68. The minimum absolute atomic E-state index is 0.265. The van der Waals surface area contributed by atoms with Crippen LogP contribution in [-0.2, 0) is 32.5 Å². The van der Waals surface area contributed by atoms with Crippen LogP contribution >= 0.6 is 0 Å². The number of Topliss-reactive ketones (excluding diaryl/α,β-unsaturated/α-hetero) is 1. The van der Waals surface area contributed by atoms with Crippen molar-refractivity contribution in [3.63, 3.8) is 0 Å². The Labute approximate surface area is 192 Å². The normalized spacial score (nSPS) is 11.8. The highest BCUT2D eigenvalue weighted by atomic mass is 32.2. The average Bonchev–Trinajstić information content (AvgIpc) is 2.65. The van der Waals surface area contributed by atoms with Gasteiger partial charge in [0.15, 0.2) is 0 Å². The number of aromatic hydroxyl groups is 1. The number of hydrogen-bond acceptors (Lipinski definition) is 5. The van der Waals surface area contributed by atoms with Gasteiger partial charge in [-0.25, -0.2) is 13.1 Å². The van der Waals surface area contributed by atoms with Crippen LogP contribution in [-0.4, -0.2) is 25.2 Å². The summed E-state index contributed by atoms with van der Waals surface area (Å²) in [4.78, 5) is 22.9. The molecule has 0 aromatic heterocycles. The predicted molar refractivity (Wildman–Crippen MR) is 128 cm³/mol. The smallest absolute Gasteiger partial charge is 0.268 e. The predicted octanol–water partition coefficient (Wildman–Crippen LogP) is 5.14. The Bertz CT molecular complexity index is 970. The summed E-state index contributed by atoms with van der Waals surface area (Å²) in [7, 11) is -4.32. The van der Waals surface area contributed by atoms with Crippen molar-refractivity contribution in [1.29, 1.82) is 0 Å². The van der Waals surface area contributed by atoms with Crippen LogP contribution in [0.3, 0.4) is 0 Å². The number of sulfonamides is 1. The molecular formula is C25H37NO5S. The number of rotatable bonds is 13. The van der Waals surface area contributed by atoms with Crippen LogP contribution in [0.2, 0.25) is 0 Å². The van der Waals surface area contributed by atoms with Crippen LogP contribution in [0.15, 0.2) is 40.3 Å². The van der Waals surface area contributed by atoms with Gasteiger partial charge in [-0.05, 0) is 70.9 Å². The van der Waals surface area contributed by atoms with Crippen LogP contribution in [0.4, 0.5) is 0 Å². The van der Waals surface area contributed by atoms with Gasteiger partial charge in [0.1, 0.15) is 16.4 Å². The lowest BCUT2D eigenvalue weighted by atomic mass is 10.0. The summed E-state index contributed by atoms with van der Waals surface area (Å²) in [6, 6.07) is 3.45. The molecule has 178 valence electrons. The van der Waals surface area contributed by atoms with Crippen LogP contribution in [0.5, 0.6) is 5.75 Å². The highest BCUT2D eigenvalue weighted by Gasteiger charge is 2.27. The molecule has 0 radical (unpaired) electrons. The maximum absolute atomic E-state index is 13.0. The second-order valence-corrected chi connectivity index (χ2v) is 10.1. The van der Waals surface area contributed by atoms with E-state index in [1.54, 1.807) is 12.1 Å². The fourth-order valence-electron chi connectivity index (χ4n) is 3.32. The van der Waals surface area contributed by atoms with E-state index in [9.17, 15) is 23.1 Å². The Morgan fingerprint density at radius 1 is 1.03 bits per heavy atom. The summed E-state index contributed by atoms with van der Waals surface area (Å²) >= 11 is 0. The molecule has 0 heterocycles. The molecule has 0 spiro atoms. The lowest BCUT2D eigenvalue weighted by Gasteiger charge is -2.16. The molecule has 0 fully saturated rings. The van der Waals surface area contributed by atoms with E-state index in [0.29, 0.717) is 24.0 Å². The molecule has 1 aromatic rings. The summed E-state index contributed by atoms with van der Waals surface area (Å²) in [6.07, 6.45) is 8.93. The molecule has 32 heavy (non-hydrogen) atoms. The molecule has 0 aliphatic heterocycles. The molecular weight excluding hydrogens is 426 g/mol. The second-order valence-electron chi connectivity index (χ2n) is 8.50. The van der Waals surface area contributed by atoms with Crippen molar-refractivity contribution in [2.45, 2.75) is 90.9 Å². The van der Waals surface area contributed by atoms with E-state index in [-0.39, 0.29) is 10.6 Å². The molecule has 1 aromatic carbocycles. The first-order valence-electron chi connectivity index (χ1n) is 11.2. The van der Waals surface area contributed by atoms with Crippen molar-refractivity contribution in [2.75, 3.05) is 0 Å². The number of hydrogen-bond donors (Lipinski definition) is 2. The molecule has 0 bridgehead atoms. The fourth-order valence-corrected chi connectivity index (χ4v) is 4.69. The van der Waals surface area contributed by atoms with E-state index in [2.05, 4.69) is 19.9 Å². The van der Waals surface area contributed by atoms with E-state index in [1.165, 1.54) is 12.5 Å². The largest absolute Gasteiger partial charge is 0.506 e. The number of unbranched alkanes of at least 4 members (excludes halogenated alkanes) is 2. The molecule has 6 nitrogen and oxygen atoms in total. The number of ketones is 1. The Hall–Kier alpha value is -2.41. The van der Waals surface area contributed by atoms with Crippen LogP contribution in [0.1, 0.15) is 84.3 Å². The van der Waals surface area contributed by atoms with Gasteiger partial charge in [0.05, 0.1) is 6.42 Å². The van der Waals surface area contributed by atoms with E-state index < -0.39 is 28.1 Å². The minimum Gasteiger partial charge on any atom is -0.506 e. The van der Waals surface area contributed by atoms with Crippen LogP contribution in [0.25, 0.3) is 0 Å². The maximum atomic E-state index is 13.0. The van der Waals surface area contributed by atoms with Crippen molar-refractivity contribution < 1.29 is 23.1 Å². The molecule has 0 atom stereocenters. The summed E-state index contributed by atoms with van der Waals surface area (Å²) in [6.45, 7) is 9.38. The monoisotopic (exact) mass is 463 g/mol. The van der Waals surface area contributed by atoms with Gasteiger partial charge in [0, 0.05) is 0 Å². The van der Waals surface area contributed by atoms with Crippen LogP contribution < -0.4 is 4.72 Å². The third-order valence-electron chi connectivity index (χ3n) is 5.03. The number of nitrogens with one attached hydrogen (secondary N) is 1. The number of phenolic OH excluding ortho intramolecular Hbond substituents is 1. The second kappa shape index (κ2) is 13.2. The van der Waals surface area contributed by atoms with Gasteiger partial charge in [-0.2, -0.15) is 0 Å². The first kappa shape index (κ1) is 27.6. The Morgan fingerprint density at radius 3 is 2.28 bits per heavy atom. The molecule has 0 aliphatic carbocycles. The van der Waals surface area contributed by atoms with E-state index in [1.807, 2.05) is 24.6 Å². The minimum atomic E-state index is -4.32. The van der Waals surface area contributed by atoms with Crippen molar-refractivity contribution in [2.24, 2.45) is 0 Å². The number of benzene rings is 1. The molecule has 0 unspecified atom stereocenters. The van der Waals surface area contributed by atoms with E-state index >= 15 is 0 Å². The van der Waals surface area contributed by atoms with Gasteiger partial charge >= 0.3 is 0 Å². The lowest BCUT2D eigenvalue weighted by Crippen LogP contribution is -2.32. The first-order valence-corrected chi connectivity index (χ1v) is 12.6. The highest BCUT2D eigenvalue weighted by molar-refractivity contribution is 7.90. The van der Waals surface area contributed by atoms with Gasteiger partial charge in [-0.3, -0.25) is 9.59 Å². The zero-order valence-electron chi connectivity index (χ0n) is 20.0. The third kappa shape index (κ3) is 9.39. The Balaban J connectivity index is 3.24. The lowest BCUT2D eigenvalue weighted by molar-refractivity contribution is -0.126. The molecule has 0 aliphatic rings. The zero-order valence-corrected chi connectivity index (χ0v) is 20.8. The molecule has 0 saturated carbocycles. The van der Waals surface area contributed by atoms with Crippen LogP contribution in [0, 0.1) is 0 Å². The van der Waals surface area contributed by atoms with Gasteiger partial charge in [0.2, 0.25) is 5.91 Å². The maximum Gasteiger partial charge on any atom is 0.268 e. The van der Waals surface area contributed by atoms with E-state index in [0.717, 1.165) is 37.7 Å². The van der Waals surface area contributed by atoms with Crippen molar-refractivity contribution >= 4 is 21.7 Å². The van der Waals surface area contributed by atoms with Gasteiger partial charge < -0.3 is 5.11 Å². The molecule has 2 N–H and O–H groups in total. The zero-order chi connectivity index (χ0) is 24.3. The molecule has 7 heteroatoms. The van der Waals surface area contributed by atoms with Crippen molar-refractivity contribution in [3.8, 4) is 5.75 Å². The van der Waals surface area contributed by atoms with Gasteiger partial charge in [0.25, 0.3) is 10.0 Å². The Morgan fingerprint density at radius 2 is 1.69 bits per heavy atom. The summed E-state index contributed by atoms with van der Waals surface area (Å²) in [5.41, 5.74) is 3.35. The molecule has 0 saturated heterocycles. The molecule has 1 amide bonds. The number of aryl methyl sites for hydroxylation is 1. The third-order valence-corrected chi connectivity index (χ3v) is 6.52. The number of carbonyl (C=O) groups is 2. The average molecular weight is 464 g/mol. The number of carbonyl (C=O) groups excluding carboxylic acids is 2. The SMILES string of the molecule is CCCCCc1ccc(C/C=C(\C)CCC=C(C)C)c(O)c1S(=O)(=O)NC(=O)CC(C)=O. The fraction of sp³-hybridized carbons (Fsp3) is 0.520.